The first-order valence-corrected chi connectivity index (χ1v) is 32.0. The van der Waals surface area contributed by atoms with Gasteiger partial charge in [0.05, 0.1) is 44.0 Å². The third-order valence-corrected chi connectivity index (χ3v) is 15.6. The number of carbonyl (C=O) groups excluding carboxylic acids is 2. The zero-order chi connectivity index (χ0) is 57.6. The number of nitrogens with one attached hydrogen (secondary N) is 2. The van der Waals surface area contributed by atoms with E-state index >= 15 is 0 Å². The number of carbonyl (C=O) groups is 3. The smallest absolute Gasteiger partial charge is 0.470 e. The van der Waals surface area contributed by atoms with Crippen molar-refractivity contribution in [3.63, 3.8) is 0 Å². The number of aliphatic hydroxyl groups is 5. The molecule has 78 heavy (non-hydrogen) atoms. The van der Waals surface area contributed by atoms with E-state index in [0.29, 0.717) is 25.7 Å². The molecule has 2 aliphatic rings. The number of unbranched alkanes of at least 4 members (excludes halogenated alkanes) is 24. The second-order valence-electron chi connectivity index (χ2n) is 22.1. The second kappa shape index (κ2) is 43.8. The Hall–Kier alpha value is -1.88. The van der Waals surface area contributed by atoms with Crippen molar-refractivity contribution in [3.8, 4) is 0 Å². The number of carboxylic acid groups (broad SMARTS) is 1. The molecule has 2 saturated heterocycles. The molecule has 2 rings (SSSR count). The van der Waals surface area contributed by atoms with Gasteiger partial charge in [-0.05, 0) is 32.1 Å². The Bertz CT molecular complexity index is 1580. The van der Waals surface area contributed by atoms with E-state index in [4.69, 9.17) is 28.2 Å². The van der Waals surface area contributed by atoms with Gasteiger partial charge >= 0.3 is 13.8 Å². The molecule has 0 aromatic carbocycles. The number of aliphatic hydroxyl groups excluding tert-OH is 5. The fourth-order valence-corrected chi connectivity index (χ4v) is 11.1. The summed E-state index contributed by atoms with van der Waals surface area (Å²) in [6.07, 6.45) is 15.9. The van der Waals surface area contributed by atoms with E-state index in [1.807, 2.05) is 0 Å². The summed E-state index contributed by atoms with van der Waals surface area (Å²) < 4.78 is 47.8. The number of hydrogen-bond acceptors (Lipinski definition) is 15. The number of phosphoric ester groups is 1. The Labute approximate surface area is 467 Å². The quantitative estimate of drug-likeness (QED) is 0.0203. The molecule has 2 aliphatic heterocycles. The van der Waals surface area contributed by atoms with Crippen LogP contribution >= 0.6 is 7.82 Å². The van der Waals surface area contributed by atoms with Gasteiger partial charge in [-0.15, -0.1) is 0 Å². The lowest BCUT2D eigenvalue weighted by Gasteiger charge is -2.47. The predicted octanol–water partition coefficient (Wildman–Crippen LogP) is 8.19. The Balaban J connectivity index is 2.25. The third-order valence-electron chi connectivity index (χ3n) is 15.0. The molecular weight excluding hydrogens is 1030 g/mol. The molecule has 0 spiro atoms. The van der Waals surface area contributed by atoms with E-state index in [9.17, 15) is 59.4 Å². The predicted molar refractivity (Wildman–Crippen MR) is 297 cm³/mol. The van der Waals surface area contributed by atoms with Crippen LogP contribution in [0.2, 0.25) is 0 Å². The Morgan fingerprint density at radius 1 is 0.538 bits per heavy atom. The van der Waals surface area contributed by atoms with E-state index < -0.39 is 118 Å². The van der Waals surface area contributed by atoms with Crippen molar-refractivity contribution in [2.24, 2.45) is 0 Å². The SMILES string of the molecule is CCCCCCCCCCC[C@@H](O)CCO[C@@H]1[C@@H](NC(C)=O)[C@H](OC[C@H]2O[C@H](C(=O)O)[C@H](NC(=O)C[C@H](O)CCCCCCCCCCC)[C@@H](OCC[C@H](O)CCCCCCCCCCC)[C@@H]2O)O[C@H](CO)[C@@H]1OP(=O)(O)O. The lowest BCUT2D eigenvalue weighted by atomic mass is 9.91. The lowest BCUT2D eigenvalue weighted by Crippen LogP contribution is -2.68. The van der Waals surface area contributed by atoms with Crippen LogP contribution in [-0.2, 0) is 47.2 Å². The number of hydrogen-bond donors (Lipinski definition) is 10. The zero-order valence-corrected chi connectivity index (χ0v) is 49.2. The van der Waals surface area contributed by atoms with Gasteiger partial charge in [0.2, 0.25) is 11.8 Å². The van der Waals surface area contributed by atoms with Gasteiger partial charge in [-0.3, -0.25) is 14.1 Å². The monoisotopic (exact) mass is 1140 g/mol. The number of phosphoric acid groups is 1. The highest BCUT2D eigenvalue weighted by Gasteiger charge is 2.53. The summed E-state index contributed by atoms with van der Waals surface area (Å²) in [5, 5.41) is 70.9. The van der Waals surface area contributed by atoms with Gasteiger partial charge < -0.3 is 74.7 Å². The summed E-state index contributed by atoms with van der Waals surface area (Å²) in [6, 6.07) is -2.85. The molecular formula is C57H109N2O18P. The summed E-state index contributed by atoms with van der Waals surface area (Å²) >= 11 is 0. The third kappa shape index (κ3) is 32.1. The van der Waals surface area contributed by atoms with Crippen molar-refractivity contribution in [1.29, 1.82) is 0 Å². The van der Waals surface area contributed by atoms with Crippen LogP contribution in [0, 0.1) is 0 Å². The van der Waals surface area contributed by atoms with E-state index in [0.717, 1.165) is 77.0 Å². The average Bonchev–Trinajstić information content (AvgIpc) is 3.43. The van der Waals surface area contributed by atoms with Crippen LogP contribution in [-0.4, -0.2) is 164 Å². The van der Waals surface area contributed by atoms with Gasteiger partial charge in [0, 0.05) is 20.1 Å². The molecule has 2 fully saturated rings. The largest absolute Gasteiger partial charge is 0.479 e. The number of ether oxygens (including phenoxy) is 5. The van der Waals surface area contributed by atoms with Crippen LogP contribution in [0.5, 0.6) is 0 Å². The van der Waals surface area contributed by atoms with Gasteiger partial charge in [-0.25, -0.2) is 9.36 Å². The normalized spacial score (nSPS) is 24.9. The van der Waals surface area contributed by atoms with Crippen LogP contribution in [0.3, 0.4) is 0 Å². The molecule has 0 aliphatic carbocycles. The molecule has 13 atom stereocenters. The van der Waals surface area contributed by atoms with Crippen LogP contribution in [0.4, 0.5) is 0 Å². The lowest BCUT2D eigenvalue weighted by molar-refractivity contribution is -0.289. The standard InChI is InChI=1S/C57H109N2O18P/c1-5-8-11-14-17-20-23-26-29-32-43(62)35-37-72-53-49(59-48(65)39-45(64)34-31-28-25-22-19-16-13-10-7-3)55(56(67)68)75-47(51(53)66)41-74-57-50(58-42(4)61)54(52(46(40-60)76-57)77-78(69,70)71)73-38-36-44(63)33-30-27-24-21-18-15-12-9-6-2/h43-47,49-55,57,60,62-64,66H,5-41H2,1-4H3,(H,58,61)(H,59,65)(H,67,68)(H2,69,70,71)/t43-,44-,45-,46-,47-,49-,50-,51-,52+,53-,54-,55+,57-/m1/s1. The van der Waals surface area contributed by atoms with Gasteiger partial charge in [-0.2, -0.15) is 0 Å². The van der Waals surface area contributed by atoms with Crippen molar-refractivity contribution >= 4 is 25.6 Å². The van der Waals surface area contributed by atoms with Crippen molar-refractivity contribution in [1.82, 2.24) is 10.6 Å². The Kier molecular flexibility index (Phi) is 40.5. The van der Waals surface area contributed by atoms with Gasteiger partial charge in [0.1, 0.15) is 42.7 Å². The first-order valence-electron chi connectivity index (χ1n) is 30.5. The molecule has 0 saturated carbocycles. The van der Waals surface area contributed by atoms with E-state index in [1.165, 1.54) is 96.8 Å². The number of rotatable bonds is 49. The minimum atomic E-state index is -5.28. The Morgan fingerprint density at radius 2 is 0.962 bits per heavy atom. The van der Waals surface area contributed by atoms with Gasteiger partial charge in [0.15, 0.2) is 12.4 Å². The van der Waals surface area contributed by atoms with Gasteiger partial charge in [-0.1, -0.05) is 194 Å². The molecule has 0 aromatic rings. The van der Waals surface area contributed by atoms with Crippen LogP contribution < -0.4 is 10.6 Å². The van der Waals surface area contributed by atoms with Crippen molar-refractivity contribution < 1.29 is 87.6 Å². The van der Waals surface area contributed by atoms with Crippen LogP contribution in [0.25, 0.3) is 0 Å². The maximum absolute atomic E-state index is 13.5. The van der Waals surface area contributed by atoms with Crippen molar-refractivity contribution in [3.05, 3.63) is 0 Å². The fraction of sp³-hybridized carbons (Fsp3) is 0.947. The molecule has 0 unspecified atom stereocenters. The minimum absolute atomic E-state index is 0.117. The summed E-state index contributed by atoms with van der Waals surface area (Å²) in [7, 11) is -5.28. The molecule has 0 radical (unpaired) electrons. The van der Waals surface area contributed by atoms with E-state index in [2.05, 4.69) is 31.4 Å². The average molecular weight is 1140 g/mol. The molecule has 0 bridgehead atoms. The summed E-state index contributed by atoms with van der Waals surface area (Å²) in [6.45, 7) is 5.93. The first kappa shape index (κ1) is 72.2. The minimum Gasteiger partial charge on any atom is -0.479 e. The molecule has 21 heteroatoms. The highest BCUT2D eigenvalue weighted by atomic mass is 31.2. The summed E-state index contributed by atoms with van der Waals surface area (Å²) in [5.74, 6) is -2.83. The number of amides is 2. The Morgan fingerprint density at radius 3 is 1.37 bits per heavy atom. The molecule has 0 aromatic heterocycles. The first-order chi connectivity index (χ1) is 37.5. The van der Waals surface area contributed by atoms with E-state index in [-0.39, 0.29) is 32.5 Å². The van der Waals surface area contributed by atoms with Crippen molar-refractivity contribution in [2.45, 2.75) is 319 Å². The second-order valence-corrected chi connectivity index (χ2v) is 23.3. The topological polar surface area (TPSA) is 310 Å². The summed E-state index contributed by atoms with van der Waals surface area (Å²) in [4.78, 5) is 59.1. The summed E-state index contributed by atoms with van der Waals surface area (Å²) in [5.41, 5.74) is 0. The molecule has 10 N–H and O–H groups in total. The van der Waals surface area contributed by atoms with E-state index in [1.54, 1.807) is 0 Å². The molecule has 20 nitrogen and oxygen atoms in total. The number of aliphatic carboxylic acids is 1. The maximum atomic E-state index is 13.5. The van der Waals surface area contributed by atoms with Crippen LogP contribution in [0.15, 0.2) is 0 Å². The number of carboxylic acids is 1. The maximum Gasteiger partial charge on any atom is 0.470 e. The highest BCUT2D eigenvalue weighted by molar-refractivity contribution is 7.46. The molecule has 460 valence electrons. The molecule has 2 heterocycles. The highest BCUT2D eigenvalue weighted by Crippen LogP contribution is 2.42. The molecule has 2 amide bonds. The van der Waals surface area contributed by atoms with Gasteiger partial charge in [0.25, 0.3) is 0 Å². The fourth-order valence-electron chi connectivity index (χ4n) is 10.5. The van der Waals surface area contributed by atoms with Crippen molar-refractivity contribution in [2.75, 3.05) is 26.4 Å². The van der Waals surface area contributed by atoms with Crippen LogP contribution in [0.1, 0.15) is 240 Å². The zero-order valence-electron chi connectivity index (χ0n) is 48.3.